The zero-order valence-electron chi connectivity index (χ0n) is 17.9. The summed E-state index contributed by atoms with van der Waals surface area (Å²) in [5.74, 6) is 2.02. The molecule has 0 bridgehead atoms. The van der Waals surface area contributed by atoms with Crippen molar-refractivity contribution in [2.24, 2.45) is 11.8 Å². The van der Waals surface area contributed by atoms with Crippen LogP contribution in [0.1, 0.15) is 82.6 Å². The van der Waals surface area contributed by atoms with Crippen LogP contribution in [-0.4, -0.2) is 36.7 Å². The lowest BCUT2D eigenvalue weighted by Gasteiger charge is -2.35. The smallest absolute Gasteiger partial charge is 0.0745 e. The third-order valence-electron chi connectivity index (χ3n) is 7.54. The van der Waals surface area contributed by atoms with E-state index >= 15 is 0 Å². The minimum absolute atomic E-state index is 0.361. The summed E-state index contributed by atoms with van der Waals surface area (Å²) in [6.07, 6.45) is 19.0. The molecule has 1 atom stereocenters. The van der Waals surface area contributed by atoms with Crippen molar-refractivity contribution in [2.75, 3.05) is 19.6 Å². The molecule has 1 saturated heterocycles. The molecule has 4 rings (SSSR count). The van der Waals surface area contributed by atoms with Gasteiger partial charge in [0.05, 0.1) is 12.2 Å². The molecule has 1 aromatic rings. The van der Waals surface area contributed by atoms with Gasteiger partial charge in [-0.05, 0) is 81.9 Å². The van der Waals surface area contributed by atoms with Crippen molar-refractivity contribution in [3.63, 3.8) is 0 Å². The number of rotatable bonds is 8. The fraction of sp³-hybridized carbons (Fsp3) is 0.769. The first-order chi connectivity index (χ1) is 13.8. The molecule has 28 heavy (non-hydrogen) atoms. The highest BCUT2D eigenvalue weighted by Crippen LogP contribution is 2.36. The maximum absolute atomic E-state index is 6.75. The van der Waals surface area contributed by atoms with E-state index in [4.69, 9.17) is 4.74 Å². The SMILES string of the molecule is c1ccc(CC(CN2CCCC2)OC2CCC(CC3CCCCC3)CC2)cc1. The summed E-state index contributed by atoms with van der Waals surface area (Å²) in [4.78, 5) is 2.63. The van der Waals surface area contributed by atoms with Crippen molar-refractivity contribution >= 4 is 0 Å². The van der Waals surface area contributed by atoms with Crippen LogP contribution in [-0.2, 0) is 11.2 Å². The van der Waals surface area contributed by atoms with E-state index in [0.29, 0.717) is 12.2 Å². The normalized spacial score (nSPS) is 28.4. The Kier molecular flexibility index (Phi) is 7.86. The molecule has 1 unspecified atom stereocenters. The Morgan fingerprint density at radius 2 is 1.46 bits per heavy atom. The molecule has 2 nitrogen and oxygen atoms in total. The molecular weight excluding hydrogens is 342 g/mol. The van der Waals surface area contributed by atoms with Crippen molar-refractivity contribution < 1.29 is 4.74 Å². The van der Waals surface area contributed by atoms with Gasteiger partial charge in [-0.25, -0.2) is 0 Å². The van der Waals surface area contributed by atoms with Crippen LogP contribution in [0.4, 0.5) is 0 Å². The lowest BCUT2D eigenvalue weighted by Crippen LogP contribution is -2.37. The first-order valence-electron chi connectivity index (χ1n) is 12.3. The van der Waals surface area contributed by atoms with Gasteiger partial charge in [0.15, 0.2) is 0 Å². The average molecular weight is 384 g/mol. The molecule has 156 valence electrons. The number of benzene rings is 1. The summed E-state index contributed by atoms with van der Waals surface area (Å²) in [6.45, 7) is 3.66. The molecule has 0 radical (unpaired) electrons. The lowest BCUT2D eigenvalue weighted by atomic mass is 9.77. The van der Waals surface area contributed by atoms with Crippen LogP contribution in [0.5, 0.6) is 0 Å². The van der Waals surface area contributed by atoms with Crippen LogP contribution in [0, 0.1) is 11.8 Å². The van der Waals surface area contributed by atoms with Gasteiger partial charge in [-0.3, -0.25) is 0 Å². The van der Waals surface area contributed by atoms with Crippen LogP contribution in [0.15, 0.2) is 30.3 Å². The number of hydrogen-bond donors (Lipinski definition) is 0. The Morgan fingerprint density at radius 1 is 0.786 bits per heavy atom. The maximum atomic E-state index is 6.75. The first kappa shape index (κ1) is 20.4. The Labute approximate surface area is 173 Å². The van der Waals surface area contributed by atoms with Crippen molar-refractivity contribution in [3.05, 3.63) is 35.9 Å². The van der Waals surface area contributed by atoms with E-state index in [1.54, 1.807) is 0 Å². The van der Waals surface area contributed by atoms with Crippen LogP contribution in [0.25, 0.3) is 0 Å². The highest BCUT2D eigenvalue weighted by Gasteiger charge is 2.28. The Balaban J connectivity index is 1.25. The van der Waals surface area contributed by atoms with Gasteiger partial charge >= 0.3 is 0 Å². The van der Waals surface area contributed by atoms with Gasteiger partial charge in [0.25, 0.3) is 0 Å². The van der Waals surface area contributed by atoms with Gasteiger partial charge in [0.2, 0.25) is 0 Å². The Bertz CT molecular complexity index is 539. The summed E-state index contributed by atoms with van der Waals surface area (Å²) >= 11 is 0. The second-order valence-corrected chi connectivity index (χ2v) is 9.84. The van der Waals surface area contributed by atoms with E-state index in [-0.39, 0.29) is 0 Å². The molecule has 0 N–H and O–H groups in total. The average Bonchev–Trinajstić information content (AvgIpc) is 3.24. The number of hydrogen-bond acceptors (Lipinski definition) is 2. The highest BCUT2D eigenvalue weighted by molar-refractivity contribution is 5.15. The Morgan fingerprint density at radius 3 is 2.18 bits per heavy atom. The molecule has 0 amide bonds. The fourth-order valence-electron chi connectivity index (χ4n) is 5.96. The molecule has 0 aromatic heterocycles. The standard InChI is InChI=1S/C26H41NO/c1-3-9-22(10-4-1)19-24-13-15-25(16-14-24)28-26(21-27-17-7-8-18-27)20-23-11-5-2-6-12-23/h2,5-6,11-12,22,24-26H,1,3-4,7-10,13-21H2. The van der Waals surface area contributed by atoms with E-state index < -0.39 is 0 Å². The van der Waals surface area contributed by atoms with E-state index in [1.807, 2.05) is 0 Å². The van der Waals surface area contributed by atoms with E-state index in [0.717, 1.165) is 24.8 Å². The number of likely N-dealkylation sites (tertiary alicyclic amines) is 1. The van der Waals surface area contributed by atoms with Crippen LogP contribution >= 0.6 is 0 Å². The van der Waals surface area contributed by atoms with Crippen LogP contribution in [0.3, 0.4) is 0 Å². The van der Waals surface area contributed by atoms with Gasteiger partial charge in [-0.15, -0.1) is 0 Å². The topological polar surface area (TPSA) is 12.5 Å². The van der Waals surface area contributed by atoms with Crippen molar-refractivity contribution in [1.82, 2.24) is 4.90 Å². The summed E-state index contributed by atoms with van der Waals surface area (Å²) < 4.78 is 6.75. The summed E-state index contributed by atoms with van der Waals surface area (Å²) in [7, 11) is 0. The molecule has 2 heteroatoms. The first-order valence-corrected chi connectivity index (χ1v) is 12.3. The van der Waals surface area contributed by atoms with Crippen LogP contribution < -0.4 is 0 Å². The van der Waals surface area contributed by atoms with Gasteiger partial charge in [-0.1, -0.05) is 62.4 Å². The van der Waals surface area contributed by atoms with Gasteiger partial charge in [0.1, 0.15) is 0 Å². The molecule has 1 heterocycles. The summed E-state index contributed by atoms with van der Waals surface area (Å²) in [5.41, 5.74) is 1.43. The summed E-state index contributed by atoms with van der Waals surface area (Å²) in [5, 5.41) is 0. The van der Waals surface area contributed by atoms with Crippen molar-refractivity contribution in [3.8, 4) is 0 Å². The minimum atomic E-state index is 0.361. The van der Waals surface area contributed by atoms with Gasteiger partial charge in [-0.2, -0.15) is 0 Å². The second-order valence-electron chi connectivity index (χ2n) is 9.84. The van der Waals surface area contributed by atoms with E-state index in [9.17, 15) is 0 Å². The quantitative estimate of drug-likeness (QED) is 0.527. The monoisotopic (exact) mass is 383 g/mol. The molecule has 3 fully saturated rings. The minimum Gasteiger partial charge on any atom is -0.373 e. The predicted molar refractivity (Wildman–Crippen MR) is 118 cm³/mol. The molecule has 1 aliphatic heterocycles. The lowest BCUT2D eigenvalue weighted by molar-refractivity contribution is -0.0484. The Hall–Kier alpha value is -0.860. The number of ether oxygens (including phenoxy) is 1. The fourth-order valence-corrected chi connectivity index (χ4v) is 5.96. The van der Waals surface area contributed by atoms with E-state index in [2.05, 4.69) is 35.2 Å². The molecule has 3 aliphatic rings. The third kappa shape index (κ3) is 6.32. The van der Waals surface area contributed by atoms with Gasteiger partial charge in [0, 0.05) is 6.54 Å². The predicted octanol–water partition coefficient (Wildman–Crippen LogP) is 6.24. The van der Waals surface area contributed by atoms with Crippen LogP contribution in [0.2, 0.25) is 0 Å². The molecule has 1 aromatic carbocycles. The zero-order chi connectivity index (χ0) is 19.0. The maximum Gasteiger partial charge on any atom is 0.0745 e. The second kappa shape index (κ2) is 10.8. The highest BCUT2D eigenvalue weighted by atomic mass is 16.5. The largest absolute Gasteiger partial charge is 0.373 e. The molecule has 2 saturated carbocycles. The molecular formula is C26H41NO. The zero-order valence-corrected chi connectivity index (χ0v) is 17.9. The van der Waals surface area contributed by atoms with E-state index in [1.165, 1.54) is 95.7 Å². The van der Waals surface area contributed by atoms with Gasteiger partial charge < -0.3 is 9.64 Å². The van der Waals surface area contributed by atoms with Crippen molar-refractivity contribution in [2.45, 2.75) is 95.7 Å². The number of nitrogens with zero attached hydrogens (tertiary/aromatic N) is 1. The third-order valence-corrected chi connectivity index (χ3v) is 7.54. The summed E-state index contributed by atoms with van der Waals surface area (Å²) in [6, 6.07) is 11.0. The van der Waals surface area contributed by atoms with Crippen molar-refractivity contribution in [1.29, 1.82) is 0 Å². The molecule has 0 spiro atoms. The molecule has 2 aliphatic carbocycles.